The van der Waals surface area contributed by atoms with Crippen LogP contribution >= 0.6 is 0 Å². The monoisotopic (exact) mass is 435 g/mol. The quantitative estimate of drug-likeness (QED) is 0.193. The average molecular weight is 435 g/mol. The van der Waals surface area contributed by atoms with Gasteiger partial charge in [-0.3, -0.25) is 9.59 Å². The maximum atomic E-state index is 11.5. The maximum Gasteiger partial charge on any atom is 0.335 e. The number of nitrogens with one attached hydrogen (secondary N) is 1. The predicted molar refractivity (Wildman–Crippen MR) is 94.0 cm³/mol. The lowest BCUT2D eigenvalue weighted by atomic mass is 9.96. The number of aliphatic hydroxyl groups is 1. The summed E-state index contributed by atoms with van der Waals surface area (Å²) < 4.78 is 20.6. The van der Waals surface area contributed by atoms with Gasteiger partial charge in [0.1, 0.15) is 24.5 Å². The highest BCUT2D eigenvalue weighted by Gasteiger charge is 2.50. The number of ether oxygens (including phenoxy) is 4. The highest BCUT2D eigenvalue weighted by atomic mass is 16.7. The molecule has 0 bridgehead atoms. The van der Waals surface area contributed by atoms with Crippen molar-refractivity contribution in [2.75, 3.05) is 7.11 Å². The molecular formula is C17H25NO12. The number of carbonyl (C=O) groups is 5. The molecule has 1 aliphatic rings. The number of carboxylic acids is 2. The number of hydrogen-bond donors (Lipinski definition) is 4. The first kappa shape index (κ1) is 25.6. The van der Waals surface area contributed by atoms with E-state index in [9.17, 15) is 39.3 Å². The van der Waals surface area contributed by atoms with E-state index in [-0.39, 0.29) is 12.7 Å². The van der Waals surface area contributed by atoms with Crippen molar-refractivity contribution in [1.29, 1.82) is 0 Å². The van der Waals surface area contributed by atoms with Crippen molar-refractivity contribution in [2.24, 2.45) is 5.92 Å². The van der Waals surface area contributed by atoms with Gasteiger partial charge in [0.05, 0.1) is 5.92 Å². The first-order valence-electron chi connectivity index (χ1n) is 8.91. The number of aldehydes is 2. The Bertz CT molecular complexity index is 640. The van der Waals surface area contributed by atoms with Crippen LogP contribution in [0.25, 0.3) is 0 Å². The van der Waals surface area contributed by atoms with Gasteiger partial charge >= 0.3 is 11.9 Å². The fourth-order valence-electron chi connectivity index (χ4n) is 2.93. The molecule has 8 unspecified atom stereocenters. The summed E-state index contributed by atoms with van der Waals surface area (Å²) in [7, 11) is 1.15. The van der Waals surface area contributed by atoms with E-state index in [1.165, 1.54) is 6.92 Å². The van der Waals surface area contributed by atoms with Crippen LogP contribution in [0.4, 0.5) is 0 Å². The van der Waals surface area contributed by atoms with Crippen LogP contribution in [-0.2, 0) is 42.9 Å². The zero-order valence-electron chi connectivity index (χ0n) is 16.5. The highest BCUT2D eigenvalue weighted by Crippen LogP contribution is 2.26. The Kier molecular flexibility index (Phi) is 9.95. The van der Waals surface area contributed by atoms with Crippen molar-refractivity contribution in [2.45, 2.75) is 63.3 Å². The number of carboxylic acid groups (broad SMARTS) is 2. The number of amides is 1. The molecule has 13 heteroatoms. The van der Waals surface area contributed by atoms with Crippen LogP contribution in [0.15, 0.2) is 0 Å². The minimum absolute atomic E-state index is 0.0675. The van der Waals surface area contributed by atoms with E-state index in [4.69, 9.17) is 18.9 Å². The molecule has 1 amide bonds. The summed E-state index contributed by atoms with van der Waals surface area (Å²) in [6.45, 7) is 2.66. The van der Waals surface area contributed by atoms with E-state index in [1.54, 1.807) is 0 Å². The van der Waals surface area contributed by atoms with Gasteiger partial charge in [-0.25, -0.2) is 9.59 Å². The number of aliphatic carboxylic acids is 2. The van der Waals surface area contributed by atoms with Crippen molar-refractivity contribution in [3.05, 3.63) is 0 Å². The normalized spacial score (nSPS) is 29.3. The number of aliphatic hydroxyl groups excluding tert-OH is 1. The van der Waals surface area contributed by atoms with Crippen LogP contribution in [0.5, 0.6) is 0 Å². The maximum absolute atomic E-state index is 11.5. The van der Waals surface area contributed by atoms with Crippen LogP contribution in [0, 0.1) is 5.92 Å². The Hall–Kier alpha value is -2.45. The third kappa shape index (κ3) is 6.27. The first-order chi connectivity index (χ1) is 14.1. The van der Waals surface area contributed by atoms with Gasteiger partial charge in [-0.05, 0) is 6.42 Å². The Morgan fingerprint density at radius 1 is 1.20 bits per heavy atom. The lowest BCUT2D eigenvalue weighted by Gasteiger charge is -2.43. The summed E-state index contributed by atoms with van der Waals surface area (Å²) in [5.74, 6) is -4.82. The van der Waals surface area contributed by atoms with Crippen LogP contribution in [0.1, 0.15) is 20.3 Å². The molecule has 13 nitrogen and oxygen atoms in total. The molecule has 0 saturated carbocycles. The van der Waals surface area contributed by atoms with Gasteiger partial charge < -0.3 is 44.4 Å². The largest absolute Gasteiger partial charge is 0.479 e. The van der Waals surface area contributed by atoms with E-state index in [1.807, 2.05) is 0 Å². The van der Waals surface area contributed by atoms with Crippen molar-refractivity contribution in [3.63, 3.8) is 0 Å². The molecule has 4 N–H and O–H groups in total. The lowest BCUT2D eigenvalue weighted by molar-refractivity contribution is -0.287. The summed E-state index contributed by atoms with van der Waals surface area (Å²) in [6, 6.07) is -1.28. The molecule has 30 heavy (non-hydrogen) atoms. The van der Waals surface area contributed by atoms with Crippen LogP contribution in [-0.4, -0.2) is 95.9 Å². The number of methoxy groups -OCH3 is 1. The third-order valence-electron chi connectivity index (χ3n) is 4.38. The van der Waals surface area contributed by atoms with E-state index >= 15 is 0 Å². The summed E-state index contributed by atoms with van der Waals surface area (Å²) in [4.78, 5) is 56.9. The van der Waals surface area contributed by atoms with Crippen molar-refractivity contribution in [3.8, 4) is 0 Å². The van der Waals surface area contributed by atoms with E-state index in [0.29, 0.717) is 6.29 Å². The summed E-state index contributed by atoms with van der Waals surface area (Å²) >= 11 is 0. The Labute approximate surface area is 171 Å². The standard InChI is InChI=1S/C17H25NO12/c1-4-8(5-19)12(15(23)24)28-9(6-20)29-13-10(18-7(2)21)17(27-3)30-14(11(13)22)16(25)26/h5-6,8-14,17,22H,4H2,1-3H3,(H,18,21)(H,23,24)(H,25,26). The van der Waals surface area contributed by atoms with E-state index in [2.05, 4.69) is 5.32 Å². The minimum Gasteiger partial charge on any atom is -0.479 e. The molecular weight excluding hydrogens is 410 g/mol. The molecule has 0 aromatic heterocycles. The molecule has 0 radical (unpaired) electrons. The van der Waals surface area contributed by atoms with E-state index in [0.717, 1.165) is 14.0 Å². The van der Waals surface area contributed by atoms with Crippen molar-refractivity contribution in [1.82, 2.24) is 5.32 Å². The van der Waals surface area contributed by atoms with Crippen LogP contribution in [0.3, 0.4) is 0 Å². The second-order valence-electron chi connectivity index (χ2n) is 6.42. The minimum atomic E-state index is -1.92. The molecule has 0 aromatic rings. The average Bonchev–Trinajstić information content (AvgIpc) is 2.68. The lowest BCUT2D eigenvalue weighted by Crippen LogP contribution is -2.66. The van der Waals surface area contributed by atoms with Gasteiger partial charge in [0.2, 0.25) is 12.2 Å². The number of rotatable bonds is 12. The topological polar surface area (TPSA) is 195 Å². The zero-order chi connectivity index (χ0) is 23.0. The molecule has 170 valence electrons. The zero-order valence-corrected chi connectivity index (χ0v) is 16.5. The molecule has 1 rings (SSSR count). The second-order valence-corrected chi connectivity index (χ2v) is 6.42. The Balaban J connectivity index is 3.19. The van der Waals surface area contributed by atoms with Gasteiger partial charge in [0, 0.05) is 14.0 Å². The van der Waals surface area contributed by atoms with Gasteiger partial charge in [0.25, 0.3) is 0 Å². The smallest absolute Gasteiger partial charge is 0.335 e. The molecule has 0 aliphatic carbocycles. The first-order valence-corrected chi connectivity index (χ1v) is 8.91. The number of hydrogen-bond acceptors (Lipinski definition) is 10. The SMILES string of the molecule is CCC(C=O)C(OC(C=O)OC1C(O)C(C(=O)O)OC(OC)C1NC(C)=O)C(=O)O. The fraction of sp³-hybridized carbons (Fsp3) is 0.706. The Morgan fingerprint density at radius 3 is 2.23 bits per heavy atom. The highest BCUT2D eigenvalue weighted by molar-refractivity contribution is 5.77. The second kappa shape index (κ2) is 11.7. The van der Waals surface area contributed by atoms with Gasteiger partial charge in [-0.1, -0.05) is 6.92 Å². The molecule has 1 aliphatic heterocycles. The molecule has 1 heterocycles. The number of carbonyl (C=O) groups excluding carboxylic acids is 3. The van der Waals surface area contributed by atoms with Crippen LogP contribution < -0.4 is 5.32 Å². The van der Waals surface area contributed by atoms with E-state index < -0.39 is 66.8 Å². The summed E-state index contributed by atoms with van der Waals surface area (Å²) in [5.41, 5.74) is 0. The van der Waals surface area contributed by atoms with Gasteiger partial charge in [0.15, 0.2) is 24.8 Å². The summed E-state index contributed by atoms with van der Waals surface area (Å²) in [6.07, 6.45) is -9.87. The predicted octanol–water partition coefficient (Wildman–Crippen LogP) is -2.09. The van der Waals surface area contributed by atoms with Gasteiger partial charge in [-0.15, -0.1) is 0 Å². The third-order valence-corrected chi connectivity index (χ3v) is 4.38. The van der Waals surface area contributed by atoms with Gasteiger partial charge in [-0.2, -0.15) is 0 Å². The molecule has 0 spiro atoms. The van der Waals surface area contributed by atoms with Crippen molar-refractivity contribution < 1.29 is 58.2 Å². The van der Waals surface area contributed by atoms with Crippen molar-refractivity contribution >= 4 is 30.4 Å². The fourth-order valence-corrected chi connectivity index (χ4v) is 2.93. The Morgan fingerprint density at radius 2 is 1.83 bits per heavy atom. The molecule has 0 aromatic carbocycles. The summed E-state index contributed by atoms with van der Waals surface area (Å²) in [5, 5.41) is 31.3. The molecule has 1 saturated heterocycles. The molecule has 8 atom stereocenters. The van der Waals surface area contributed by atoms with Crippen LogP contribution in [0.2, 0.25) is 0 Å². The molecule has 1 fully saturated rings.